The maximum absolute atomic E-state index is 4.34. The molecule has 142 valence electrons. The molecule has 0 amide bonds. The van der Waals surface area contributed by atoms with Crippen molar-refractivity contribution in [1.82, 2.24) is 20.4 Å². The fraction of sp³-hybridized carbons (Fsp3) is 0.333. The van der Waals surface area contributed by atoms with Crippen molar-refractivity contribution in [3.05, 3.63) is 70.7 Å². The third-order valence-corrected chi connectivity index (χ3v) is 5.76. The number of hydrogen-bond donors (Lipinski definition) is 2. The number of nitrogens with one attached hydrogen (secondary N) is 2. The summed E-state index contributed by atoms with van der Waals surface area (Å²) in [4.78, 5) is 5.72. The van der Waals surface area contributed by atoms with Gasteiger partial charge in [-0.15, -0.1) is 11.3 Å². The number of thiophene rings is 1. The van der Waals surface area contributed by atoms with Crippen LogP contribution >= 0.6 is 11.3 Å². The molecule has 0 atom stereocenters. The highest BCUT2D eigenvalue weighted by molar-refractivity contribution is 7.10. The lowest BCUT2D eigenvalue weighted by Gasteiger charge is -2.25. The highest BCUT2D eigenvalue weighted by atomic mass is 32.1. The lowest BCUT2D eigenvalue weighted by atomic mass is 9.91. The number of aliphatic imine (C=N–C) groups is 1. The Morgan fingerprint density at radius 1 is 1.15 bits per heavy atom. The van der Waals surface area contributed by atoms with E-state index >= 15 is 0 Å². The molecule has 1 aromatic carbocycles. The number of guanidine groups is 1. The molecule has 2 aromatic heterocycles. The lowest BCUT2D eigenvalue weighted by molar-refractivity contribution is 0.518. The lowest BCUT2D eigenvalue weighted by Crippen LogP contribution is -2.43. The molecule has 5 nitrogen and oxygen atoms in total. The van der Waals surface area contributed by atoms with Gasteiger partial charge in [0.25, 0.3) is 0 Å². The van der Waals surface area contributed by atoms with E-state index < -0.39 is 0 Å². The summed E-state index contributed by atoms with van der Waals surface area (Å²) >= 11 is 1.80. The average Bonchev–Trinajstić information content (AvgIpc) is 3.39. The van der Waals surface area contributed by atoms with Gasteiger partial charge >= 0.3 is 0 Å². The van der Waals surface area contributed by atoms with Gasteiger partial charge in [-0.2, -0.15) is 5.10 Å². The molecule has 0 fully saturated rings. The number of rotatable bonds is 7. The molecule has 0 unspecified atom stereocenters. The summed E-state index contributed by atoms with van der Waals surface area (Å²) in [7, 11) is 1.81. The number of hydrogen-bond acceptors (Lipinski definition) is 3. The van der Waals surface area contributed by atoms with Crippen molar-refractivity contribution in [2.24, 2.45) is 4.99 Å². The summed E-state index contributed by atoms with van der Waals surface area (Å²) in [5, 5.41) is 13.2. The predicted molar refractivity (Wildman–Crippen MR) is 114 cm³/mol. The second-order valence-corrected chi connectivity index (χ2v) is 8.03. The first-order valence-corrected chi connectivity index (χ1v) is 10.0. The van der Waals surface area contributed by atoms with Crippen molar-refractivity contribution in [3.63, 3.8) is 0 Å². The van der Waals surface area contributed by atoms with Crippen LogP contribution in [0.25, 0.3) is 5.69 Å². The van der Waals surface area contributed by atoms with Crippen molar-refractivity contribution >= 4 is 17.3 Å². The topological polar surface area (TPSA) is 54.2 Å². The van der Waals surface area contributed by atoms with E-state index in [0.29, 0.717) is 0 Å². The summed E-state index contributed by atoms with van der Waals surface area (Å²) in [6.45, 7) is 6.17. The fourth-order valence-electron chi connectivity index (χ4n) is 2.84. The molecular weight excluding hydrogens is 354 g/mol. The van der Waals surface area contributed by atoms with E-state index in [2.05, 4.69) is 76.4 Å². The summed E-state index contributed by atoms with van der Waals surface area (Å²) in [6.07, 6.45) is 4.68. The third kappa shape index (κ3) is 5.20. The zero-order valence-corrected chi connectivity index (χ0v) is 17.0. The van der Waals surface area contributed by atoms with E-state index in [1.165, 1.54) is 10.4 Å². The number of benzene rings is 1. The largest absolute Gasteiger partial charge is 0.356 e. The van der Waals surface area contributed by atoms with Crippen LogP contribution < -0.4 is 10.6 Å². The van der Waals surface area contributed by atoms with Crippen molar-refractivity contribution in [2.75, 3.05) is 20.1 Å². The Morgan fingerprint density at radius 2 is 1.96 bits per heavy atom. The van der Waals surface area contributed by atoms with E-state index in [1.54, 1.807) is 17.5 Å². The van der Waals surface area contributed by atoms with Gasteiger partial charge in [0.2, 0.25) is 0 Å². The molecule has 0 bridgehead atoms. The van der Waals surface area contributed by atoms with Crippen molar-refractivity contribution in [2.45, 2.75) is 25.7 Å². The quantitative estimate of drug-likeness (QED) is 0.485. The second kappa shape index (κ2) is 8.86. The van der Waals surface area contributed by atoms with Gasteiger partial charge < -0.3 is 10.6 Å². The SMILES string of the molecule is CN=C(NCCc1ccc(-n2cccn2)cc1)NCC(C)(C)c1cccs1. The molecule has 0 saturated carbocycles. The van der Waals surface area contributed by atoms with Gasteiger partial charge in [0.15, 0.2) is 5.96 Å². The van der Waals surface area contributed by atoms with Crippen LogP contribution in [0.5, 0.6) is 0 Å². The maximum atomic E-state index is 4.34. The van der Waals surface area contributed by atoms with E-state index in [0.717, 1.165) is 31.2 Å². The van der Waals surface area contributed by atoms with Gasteiger partial charge in [0.05, 0.1) is 5.69 Å². The van der Waals surface area contributed by atoms with Gasteiger partial charge in [0.1, 0.15) is 0 Å². The third-order valence-electron chi connectivity index (χ3n) is 4.52. The molecule has 0 aliphatic rings. The van der Waals surface area contributed by atoms with Crippen LogP contribution in [0.15, 0.2) is 65.2 Å². The van der Waals surface area contributed by atoms with E-state index in [4.69, 9.17) is 0 Å². The Balaban J connectivity index is 1.46. The molecule has 0 spiro atoms. The van der Waals surface area contributed by atoms with Gasteiger partial charge in [-0.05, 0) is 41.6 Å². The van der Waals surface area contributed by atoms with Crippen LogP contribution in [0.1, 0.15) is 24.3 Å². The fourth-order valence-corrected chi connectivity index (χ4v) is 3.69. The molecule has 0 aliphatic carbocycles. The highest BCUT2D eigenvalue weighted by Gasteiger charge is 2.21. The molecular formula is C21H27N5S. The van der Waals surface area contributed by atoms with Crippen LogP contribution in [0.4, 0.5) is 0 Å². The number of nitrogens with zero attached hydrogens (tertiary/aromatic N) is 3. The Labute approximate surface area is 165 Å². The summed E-state index contributed by atoms with van der Waals surface area (Å²) in [5.41, 5.74) is 2.44. The van der Waals surface area contributed by atoms with Gasteiger partial charge in [0, 0.05) is 42.8 Å². The molecule has 3 aromatic rings. The Bertz CT molecular complexity index is 833. The van der Waals surface area contributed by atoms with Crippen molar-refractivity contribution < 1.29 is 0 Å². The highest BCUT2D eigenvalue weighted by Crippen LogP contribution is 2.26. The van der Waals surface area contributed by atoms with Crippen LogP contribution in [0.2, 0.25) is 0 Å². The first-order valence-electron chi connectivity index (χ1n) is 9.16. The van der Waals surface area contributed by atoms with Gasteiger partial charge in [-0.1, -0.05) is 32.0 Å². The van der Waals surface area contributed by atoms with Gasteiger partial charge in [-0.25, -0.2) is 4.68 Å². The molecule has 2 heterocycles. The van der Waals surface area contributed by atoms with Crippen LogP contribution in [0.3, 0.4) is 0 Å². The number of aromatic nitrogens is 2. The average molecular weight is 382 g/mol. The maximum Gasteiger partial charge on any atom is 0.191 e. The Kier molecular flexibility index (Phi) is 6.29. The summed E-state index contributed by atoms with van der Waals surface area (Å²) in [6, 6.07) is 14.7. The zero-order chi connectivity index (χ0) is 19.1. The van der Waals surface area contributed by atoms with Crippen LogP contribution in [-0.2, 0) is 11.8 Å². The molecule has 3 rings (SSSR count). The standard InChI is InChI=1S/C21H27N5S/c1-21(2,19-6-4-15-27-19)16-24-20(22-3)23-13-11-17-7-9-18(10-8-17)26-14-5-12-25-26/h4-10,12,14-15H,11,13,16H2,1-3H3,(H2,22,23,24). The van der Waals surface area contributed by atoms with E-state index in [1.807, 2.05) is 24.0 Å². The minimum absolute atomic E-state index is 0.0775. The monoisotopic (exact) mass is 381 g/mol. The Morgan fingerprint density at radius 3 is 2.59 bits per heavy atom. The molecule has 6 heteroatoms. The predicted octanol–water partition coefficient (Wildman–Crippen LogP) is 3.62. The van der Waals surface area contributed by atoms with Gasteiger partial charge in [-0.3, -0.25) is 4.99 Å². The smallest absolute Gasteiger partial charge is 0.191 e. The minimum Gasteiger partial charge on any atom is -0.356 e. The second-order valence-electron chi connectivity index (χ2n) is 7.08. The molecule has 0 saturated heterocycles. The van der Waals surface area contributed by atoms with E-state index in [9.17, 15) is 0 Å². The first kappa shape index (κ1) is 19.2. The molecule has 27 heavy (non-hydrogen) atoms. The Hall–Kier alpha value is -2.60. The van der Waals surface area contributed by atoms with Crippen molar-refractivity contribution in [1.29, 1.82) is 0 Å². The summed E-state index contributed by atoms with van der Waals surface area (Å²) in [5.74, 6) is 0.841. The molecule has 2 N–H and O–H groups in total. The minimum atomic E-state index is 0.0775. The normalized spacial score (nSPS) is 12.2. The molecule has 0 radical (unpaired) electrons. The van der Waals surface area contributed by atoms with Crippen LogP contribution in [-0.4, -0.2) is 35.9 Å². The van der Waals surface area contributed by atoms with Crippen LogP contribution in [0, 0.1) is 0 Å². The zero-order valence-electron chi connectivity index (χ0n) is 16.1. The van der Waals surface area contributed by atoms with Crippen molar-refractivity contribution in [3.8, 4) is 5.69 Å². The summed E-state index contributed by atoms with van der Waals surface area (Å²) < 4.78 is 1.86. The molecule has 0 aliphatic heterocycles. The van der Waals surface area contributed by atoms with E-state index in [-0.39, 0.29) is 5.41 Å². The first-order chi connectivity index (χ1) is 13.1.